The second-order valence-corrected chi connectivity index (χ2v) is 2.26. The van der Waals surface area contributed by atoms with Crippen LogP contribution in [0.2, 0.25) is 0 Å². The predicted octanol–water partition coefficient (Wildman–Crippen LogP) is 2.05. The highest BCUT2D eigenvalue weighted by Gasteiger charge is 1.94. The summed E-state index contributed by atoms with van der Waals surface area (Å²) in [6.07, 6.45) is 0. The number of hydrogen-bond donors (Lipinski definition) is 0. The molecule has 10 heavy (non-hydrogen) atoms. The fourth-order valence-electron chi connectivity index (χ4n) is 0.790. The van der Waals surface area contributed by atoms with Gasteiger partial charge >= 0.3 is 0 Å². The van der Waals surface area contributed by atoms with Crippen LogP contribution in [0.5, 0.6) is 0 Å². The van der Waals surface area contributed by atoms with Gasteiger partial charge in [0.15, 0.2) is 0 Å². The van der Waals surface area contributed by atoms with Crippen LogP contribution in [-0.4, -0.2) is 0 Å². The zero-order valence-electron chi connectivity index (χ0n) is 5.89. The van der Waals surface area contributed by atoms with E-state index < -0.39 is 0 Å². The van der Waals surface area contributed by atoms with Gasteiger partial charge in [0.1, 0.15) is 0 Å². The maximum absolute atomic E-state index is 8.57. The molecule has 0 atom stereocenters. The summed E-state index contributed by atoms with van der Waals surface area (Å²) in [6, 6.07) is 7.69. The molecule has 0 amide bonds. The number of hydrogen-bond acceptors (Lipinski definition) is 1. The van der Waals surface area contributed by atoms with E-state index in [4.69, 9.17) is 5.26 Å². The quantitative estimate of drug-likeness (QED) is 0.527. The summed E-state index contributed by atoms with van der Waals surface area (Å²) in [5.74, 6) is 0. The molecule has 49 valence electrons. The van der Waals surface area contributed by atoms with E-state index in [1.54, 1.807) is 6.07 Å². The van der Waals surface area contributed by atoms with E-state index in [9.17, 15) is 0 Å². The fraction of sp³-hybridized carbons (Fsp3) is 0.111. The molecule has 0 bridgehead atoms. The maximum atomic E-state index is 8.57. The molecule has 0 aromatic heterocycles. The van der Waals surface area contributed by atoms with Gasteiger partial charge in [-0.05, 0) is 31.0 Å². The second kappa shape index (κ2) is 2.53. The van der Waals surface area contributed by atoms with Crippen LogP contribution in [-0.2, 0) is 0 Å². The molecule has 1 nitrogen and oxygen atoms in total. The van der Waals surface area contributed by atoms with Gasteiger partial charge in [0.05, 0.1) is 11.6 Å². The smallest absolute Gasteiger partial charge is 0.0994 e. The minimum absolute atomic E-state index is 0.715. The molecule has 1 rings (SSSR count). The lowest BCUT2D eigenvalue weighted by Gasteiger charge is -1.95. The minimum atomic E-state index is 0.715. The highest BCUT2D eigenvalue weighted by atomic mass is 14.2. The maximum Gasteiger partial charge on any atom is 0.0994 e. The average molecular weight is 130 g/mol. The van der Waals surface area contributed by atoms with Crippen molar-refractivity contribution in [2.75, 3.05) is 0 Å². The third-order valence-corrected chi connectivity index (χ3v) is 1.42. The molecule has 0 heterocycles. The summed E-state index contributed by atoms with van der Waals surface area (Å²) < 4.78 is 0. The summed E-state index contributed by atoms with van der Waals surface area (Å²) in [5, 5.41) is 8.57. The fourth-order valence-corrected chi connectivity index (χ4v) is 0.790. The molecule has 1 aromatic rings. The van der Waals surface area contributed by atoms with Crippen LogP contribution < -0.4 is 0 Å². The van der Waals surface area contributed by atoms with E-state index in [1.165, 1.54) is 0 Å². The summed E-state index contributed by atoms with van der Waals surface area (Å²) in [6.45, 7) is 5.63. The van der Waals surface area contributed by atoms with Crippen molar-refractivity contribution in [2.24, 2.45) is 0 Å². The largest absolute Gasteiger partial charge is 0.192 e. The van der Waals surface area contributed by atoms with E-state index in [0.29, 0.717) is 5.56 Å². The van der Waals surface area contributed by atoms with Gasteiger partial charge < -0.3 is 0 Å². The Balaban J connectivity index is 3.25. The average Bonchev–Trinajstić information content (AvgIpc) is 1.94. The molecule has 0 aliphatic heterocycles. The van der Waals surface area contributed by atoms with Crippen LogP contribution in [0.4, 0.5) is 0 Å². The lowest BCUT2D eigenvalue weighted by atomic mass is 10.1. The molecule has 0 unspecified atom stereocenters. The highest BCUT2D eigenvalue weighted by Crippen LogP contribution is 2.08. The van der Waals surface area contributed by atoms with Crippen LogP contribution in [0.3, 0.4) is 0 Å². The summed E-state index contributed by atoms with van der Waals surface area (Å²) >= 11 is 0. The van der Waals surface area contributed by atoms with Gasteiger partial charge in [-0.25, -0.2) is 0 Å². The van der Waals surface area contributed by atoms with Crippen molar-refractivity contribution in [1.82, 2.24) is 0 Å². The van der Waals surface area contributed by atoms with Crippen molar-refractivity contribution in [3.05, 3.63) is 41.8 Å². The number of aryl methyl sites for hydroxylation is 1. The van der Waals surface area contributed by atoms with E-state index in [1.807, 2.05) is 19.1 Å². The highest BCUT2D eigenvalue weighted by molar-refractivity contribution is 5.40. The Morgan fingerprint density at radius 3 is 2.70 bits per heavy atom. The number of nitriles is 1. The van der Waals surface area contributed by atoms with Gasteiger partial charge in [-0.1, -0.05) is 12.1 Å². The van der Waals surface area contributed by atoms with Crippen molar-refractivity contribution in [3.8, 4) is 6.07 Å². The van der Waals surface area contributed by atoms with E-state index in [2.05, 4.69) is 13.0 Å². The van der Waals surface area contributed by atoms with Gasteiger partial charge in [0, 0.05) is 0 Å². The molecular formula is C9H8N. The van der Waals surface area contributed by atoms with E-state index in [0.717, 1.165) is 11.1 Å². The topological polar surface area (TPSA) is 23.8 Å². The summed E-state index contributed by atoms with van der Waals surface area (Å²) in [5.41, 5.74) is 2.62. The molecule has 1 aromatic carbocycles. The van der Waals surface area contributed by atoms with Crippen molar-refractivity contribution in [1.29, 1.82) is 5.26 Å². The van der Waals surface area contributed by atoms with Crippen LogP contribution in [0, 0.1) is 25.2 Å². The lowest BCUT2D eigenvalue weighted by molar-refractivity contribution is 1.38. The SMILES string of the molecule is [CH2]c1ccc(C)c(C#N)c1. The van der Waals surface area contributed by atoms with Crippen molar-refractivity contribution < 1.29 is 0 Å². The Morgan fingerprint density at radius 1 is 1.50 bits per heavy atom. The Labute approximate surface area is 60.9 Å². The standard InChI is InChI=1S/C9H8N/c1-7-3-4-8(2)9(5-7)6-10/h3-5H,1H2,2H3. The van der Waals surface area contributed by atoms with E-state index in [-0.39, 0.29) is 0 Å². The first-order chi connectivity index (χ1) is 4.74. The lowest BCUT2D eigenvalue weighted by Crippen LogP contribution is -1.81. The normalized spacial score (nSPS) is 8.90. The van der Waals surface area contributed by atoms with Gasteiger partial charge in [0.25, 0.3) is 0 Å². The number of nitrogens with zero attached hydrogens (tertiary/aromatic N) is 1. The third-order valence-electron chi connectivity index (χ3n) is 1.42. The molecule has 1 radical (unpaired) electrons. The first-order valence-corrected chi connectivity index (χ1v) is 3.07. The van der Waals surface area contributed by atoms with Crippen molar-refractivity contribution >= 4 is 0 Å². The van der Waals surface area contributed by atoms with Crippen LogP contribution in [0.1, 0.15) is 16.7 Å². The third kappa shape index (κ3) is 1.16. The number of benzene rings is 1. The Bertz CT molecular complexity index is 281. The molecule has 0 spiro atoms. The van der Waals surface area contributed by atoms with E-state index >= 15 is 0 Å². The predicted molar refractivity (Wildman–Crippen MR) is 40.4 cm³/mol. The summed E-state index contributed by atoms with van der Waals surface area (Å²) in [7, 11) is 0. The van der Waals surface area contributed by atoms with Gasteiger partial charge in [-0.15, -0.1) is 0 Å². The molecule has 0 N–H and O–H groups in total. The first kappa shape index (κ1) is 6.82. The van der Waals surface area contributed by atoms with Gasteiger partial charge in [-0.2, -0.15) is 5.26 Å². The number of rotatable bonds is 0. The minimum Gasteiger partial charge on any atom is -0.192 e. The van der Waals surface area contributed by atoms with Crippen LogP contribution >= 0.6 is 0 Å². The zero-order chi connectivity index (χ0) is 7.56. The summed E-state index contributed by atoms with van der Waals surface area (Å²) in [4.78, 5) is 0. The molecule has 0 aliphatic carbocycles. The monoisotopic (exact) mass is 130 g/mol. The van der Waals surface area contributed by atoms with Crippen molar-refractivity contribution in [2.45, 2.75) is 6.92 Å². The molecule has 0 saturated heterocycles. The van der Waals surface area contributed by atoms with Gasteiger partial charge in [-0.3, -0.25) is 0 Å². The second-order valence-electron chi connectivity index (χ2n) is 2.26. The molecular weight excluding hydrogens is 122 g/mol. The molecule has 1 heteroatoms. The van der Waals surface area contributed by atoms with Gasteiger partial charge in [0.2, 0.25) is 0 Å². The Kier molecular flexibility index (Phi) is 1.73. The Morgan fingerprint density at radius 2 is 2.20 bits per heavy atom. The molecule has 0 saturated carbocycles. The molecule has 0 aliphatic rings. The zero-order valence-corrected chi connectivity index (χ0v) is 5.89. The van der Waals surface area contributed by atoms with Crippen LogP contribution in [0.25, 0.3) is 0 Å². The Hall–Kier alpha value is -1.29. The van der Waals surface area contributed by atoms with Crippen LogP contribution in [0.15, 0.2) is 18.2 Å². The molecule has 0 fully saturated rings. The first-order valence-electron chi connectivity index (χ1n) is 3.07. The van der Waals surface area contributed by atoms with Crippen molar-refractivity contribution in [3.63, 3.8) is 0 Å².